The molecule has 0 radical (unpaired) electrons. The van der Waals surface area contributed by atoms with Gasteiger partial charge in [-0.25, -0.2) is 19.2 Å². The van der Waals surface area contributed by atoms with Crippen molar-refractivity contribution < 1.29 is 47.2 Å². The minimum Gasteiger partial charge on any atom is -0.493 e. The van der Waals surface area contributed by atoms with Crippen LogP contribution in [-0.2, 0) is 28.6 Å². The van der Waals surface area contributed by atoms with Crippen LogP contribution in [0, 0.1) is 0 Å². The van der Waals surface area contributed by atoms with E-state index < -0.39 is 23.5 Å². The first-order valence-corrected chi connectivity index (χ1v) is 11.8. The van der Waals surface area contributed by atoms with E-state index in [9.17, 15) is 19.2 Å². The quantitative estimate of drug-likeness (QED) is 0.0923. The number of ether oxygens (including phenoxy) is 6. The zero-order valence-electron chi connectivity index (χ0n) is 20.9. The molecule has 11 heteroatoms. The van der Waals surface area contributed by atoms with Gasteiger partial charge in [0.15, 0.2) is 0 Å². The molecule has 204 valence electrons. The van der Waals surface area contributed by atoms with Crippen LogP contribution >= 0.6 is 0 Å². The van der Waals surface area contributed by atoms with Crippen LogP contribution in [0.3, 0.4) is 0 Å². The molecule has 0 fully saturated rings. The number of rotatable bonds is 18. The molecule has 0 spiro atoms. The predicted octanol–water partition coefficient (Wildman–Crippen LogP) is 3.29. The van der Waals surface area contributed by atoms with Gasteiger partial charge in [0, 0.05) is 49.6 Å². The summed E-state index contributed by atoms with van der Waals surface area (Å²) in [5.41, 5.74) is -0.490. The van der Waals surface area contributed by atoms with Crippen molar-refractivity contribution in [2.24, 2.45) is 0 Å². The van der Waals surface area contributed by atoms with Crippen molar-refractivity contribution in [3.63, 3.8) is 0 Å². The second kappa shape index (κ2) is 16.3. The Kier molecular flexibility index (Phi) is 12.7. The second-order valence-corrected chi connectivity index (χ2v) is 7.45. The maximum Gasteiger partial charge on any atom is 0.339 e. The van der Waals surface area contributed by atoms with E-state index in [1.165, 1.54) is 12.1 Å². The van der Waals surface area contributed by atoms with E-state index in [4.69, 9.17) is 32.8 Å². The third-order valence-corrected chi connectivity index (χ3v) is 4.63. The van der Waals surface area contributed by atoms with Gasteiger partial charge >= 0.3 is 23.5 Å². The van der Waals surface area contributed by atoms with Gasteiger partial charge in [0.05, 0.1) is 45.7 Å². The summed E-state index contributed by atoms with van der Waals surface area (Å²) in [7, 11) is 0. The van der Waals surface area contributed by atoms with Crippen LogP contribution in [0.15, 0.2) is 65.4 Å². The van der Waals surface area contributed by atoms with Crippen LogP contribution < -0.4 is 19.8 Å². The van der Waals surface area contributed by atoms with Gasteiger partial charge in [0.25, 0.3) is 0 Å². The largest absolute Gasteiger partial charge is 0.493 e. The summed E-state index contributed by atoms with van der Waals surface area (Å²) in [6, 6.07) is 4.31. The molecule has 0 saturated carbocycles. The van der Waals surface area contributed by atoms with Gasteiger partial charge in [0.1, 0.15) is 28.2 Å². The lowest BCUT2D eigenvalue weighted by molar-refractivity contribution is -0.138. The molecular weight excluding hydrogens is 500 g/mol. The Bertz CT molecular complexity index is 1200. The molecule has 1 aromatic carbocycles. The smallest absolute Gasteiger partial charge is 0.339 e. The first-order valence-electron chi connectivity index (χ1n) is 11.8. The van der Waals surface area contributed by atoms with Gasteiger partial charge in [-0.2, -0.15) is 0 Å². The number of benzene rings is 1. The van der Waals surface area contributed by atoms with Gasteiger partial charge in [-0.15, -0.1) is 0 Å². The Balaban J connectivity index is 2.17. The lowest BCUT2D eigenvalue weighted by atomic mass is 10.2. The highest BCUT2D eigenvalue weighted by Crippen LogP contribution is 2.37. The SMILES string of the molecule is C=CC(=O)OCCCOc1cc(OCCCOC(=O)C=C)c2c(OCCCOC(=O)C=C)cc(=O)oc2c1. The highest BCUT2D eigenvalue weighted by Gasteiger charge is 2.16. The minimum absolute atomic E-state index is 0.108. The summed E-state index contributed by atoms with van der Waals surface area (Å²) >= 11 is 0. The van der Waals surface area contributed by atoms with E-state index in [0.29, 0.717) is 36.1 Å². The van der Waals surface area contributed by atoms with Crippen LogP contribution in [0.2, 0.25) is 0 Å². The maximum absolute atomic E-state index is 12.2. The molecule has 38 heavy (non-hydrogen) atoms. The van der Waals surface area contributed by atoms with Crippen LogP contribution in [0.5, 0.6) is 17.2 Å². The van der Waals surface area contributed by atoms with E-state index in [0.717, 1.165) is 18.2 Å². The molecule has 1 heterocycles. The van der Waals surface area contributed by atoms with Crippen molar-refractivity contribution in [1.82, 2.24) is 0 Å². The third kappa shape index (κ3) is 10.2. The van der Waals surface area contributed by atoms with Crippen molar-refractivity contribution in [1.29, 1.82) is 0 Å². The number of hydrogen-bond acceptors (Lipinski definition) is 11. The summed E-state index contributed by atoms with van der Waals surface area (Å²) in [6.45, 7) is 10.9. The van der Waals surface area contributed by atoms with Crippen molar-refractivity contribution in [2.45, 2.75) is 19.3 Å². The molecular formula is C27H30O11. The fourth-order valence-electron chi connectivity index (χ4n) is 2.94. The van der Waals surface area contributed by atoms with Crippen LogP contribution in [0.25, 0.3) is 11.0 Å². The zero-order chi connectivity index (χ0) is 27.8. The Morgan fingerprint density at radius 1 is 0.658 bits per heavy atom. The number of esters is 3. The summed E-state index contributed by atoms with van der Waals surface area (Å²) in [5, 5.41) is 0.392. The topological polar surface area (TPSA) is 137 Å². The van der Waals surface area contributed by atoms with Crippen molar-refractivity contribution >= 4 is 28.9 Å². The molecule has 0 N–H and O–H groups in total. The molecule has 2 aromatic rings. The first-order chi connectivity index (χ1) is 18.4. The molecule has 0 aliphatic rings. The zero-order valence-corrected chi connectivity index (χ0v) is 20.9. The Labute approximate surface area is 219 Å². The number of hydrogen-bond donors (Lipinski definition) is 0. The monoisotopic (exact) mass is 530 g/mol. The summed E-state index contributed by atoms with van der Waals surface area (Å²) in [6.07, 6.45) is 4.35. The molecule has 2 rings (SSSR count). The van der Waals surface area contributed by atoms with E-state index >= 15 is 0 Å². The highest BCUT2D eigenvalue weighted by molar-refractivity contribution is 5.90. The minimum atomic E-state index is -0.652. The standard InChI is InChI=1S/C27H30O11/c1-4-23(28)35-13-7-10-32-19-16-20(33-11-8-14-36-24(29)5-2)27-21(18-26(31)38-22(27)17-19)34-12-9-15-37-25(30)6-3/h4-6,16-18H,1-3,7-15H2. The lowest BCUT2D eigenvalue weighted by Crippen LogP contribution is -2.10. The molecule has 0 aliphatic carbocycles. The maximum atomic E-state index is 12.2. The van der Waals surface area contributed by atoms with Crippen molar-refractivity contribution in [3.05, 3.63) is 66.6 Å². The van der Waals surface area contributed by atoms with Crippen LogP contribution in [0.1, 0.15) is 19.3 Å². The number of carbonyl (C=O) groups excluding carboxylic acids is 3. The molecule has 0 unspecified atom stereocenters. The fraction of sp³-hybridized carbons (Fsp3) is 0.333. The molecule has 0 amide bonds. The Morgan fingerprint density at radius 2 is 1.11 bits per heavy atom. The summed E-state index contributed by atoms with van der Waals surface area (Å²) in [5.74, 6) is -0.752. The normalized spacial score (nSPS) is 10.2. The van der Waals surface area contributed by atoms with Gasteiger partial charge < -0.3 is 32.8 Å². The molecule has 0 aliphatic heterocycles. The highest BCUT2D eigenvalue weighted by atomic mass is 16.5. The van der Waals surface area contributed by atoms with E-state index in [1.807, 2.05) is 0 Å². The van der Waals surface area contributed by atoms with Crippen LogP contribution in [-0.4, -0.2) is 57.5 Å². The van der Waals surface area contributed by atoms with Crippen molar-refractivity contribution in [3.8, 4) is 17.2 Å². The first kappa shape index (κ1) is 29.7. The van der Waals surface area contributed by atoms with Crippen molar-refractivity contribution in [2.75, 3.05) is 39.6 Å². The van der Waals surface area contributed by atoms with E-state index in [2.05, 4.69) is 19.7 Å². The molecule has 0 atom stereocenters. The molecule has 0 bridgehead atoms. The summed E-state index contributed by atoms with van der Waals surface area (Å²) < 4.78 is 37.6. The average Bonchev–Trinajstić information content (AvgIpc) is 2.91. The van der Waals surface area contributed by atoms with Gasteiger partial charge in [-0.3, -0.25) is 0 Å². The number of fused-ring (bicyclic) bond motifs is 1. The molecule has 11 nitrogen and oxygen atoms in total. The third-order valence-electron chi connectivity index (χ3n) is 4.63. The predicted molar refractivity (Wildman–Crippen MR) is 136 cm³/mol. The lowest BCUT2D eigenvalue weighted by Gasteiger charge is -2.15. The average molecular weight is 531 g/mol. The fourth-order valence-corrected chi connectivity index (χ4v) is 2.94. The van der Waals surface area contributed by atoms with Crippen LogP contribution in [0.4, 0.5) is 0 Å². The van der Waals surface area contributed by atoms with E-state index in [1.54, 1.807) is 6.07 Å². The van der Waals surface area contributed by atoms with Gasteiger partial charge in [0.2, 0.25) is 0 Å². The summed E-state index contributed by atoms with van der Waals surface area (Å²) in [4.78, 5) is 45.8. The van der Waals surface area contributed by atoms with E-state index in [-0.39, 0.29) is 51.0 Å². The van der Waals surface area contributed by atoms with Gasteiger partial charge in [-0.1, -0.05) is 19.7 Å². The Hall–Kier alpha value is -4.54. The Morgan fingerprint density at radius 3 is 1.58 bits per heavy atom. The second-order valence-electron chi connectivity index (χ2n) is 7.45. The number of carbonyl (C=O) groups is 3. The van der Waals surface area contributed by atoms with Gasteiger partial charge in [-0.05, 0) is 0 Å². The molecule has 1 aromatic heterocycles. The molecule has 0 saturated heterocycles.